The Morgan fingerprint density at radius 3 is 2.50 bits per heavy atom. The van der Waals surface area contributed by atoms with E-state index in [1.54, 1.807) is 0 Å². The molecule has 1 N–H and O–H groups in total. The lowest BCUT2D eigenvalue weighted by Gasteiger charge is -2.34. The molecule has 0 radical (unpaired) electrons. The molecule has 4 atom stereocenters. The van der Waals surface area contributed by atoms with Crippen LogP contribution in [0.5, 0.6) is 0 Å². The smallest absolute Gasteiger partial charge is 0.303 e. The van der Waals surface area contributed by atoms with E-state index in [1.807, 2.05) is 13.8 Å². The van der Waals surface area contributed by atoms with Gasteiger partial charge >= 0.3 is 5.97 Å². The molecule has 0 saturated carbocycles. The zero-order valence-corrected chi connectivity index (χ0v) is 13.1. The van der Waals surface area contributed by atoms with Crippen LogP contribution in [0.3, 0.4) is 0 Å². The van der Waals surface area contributed by atoms with Crippen LogP contribution in [0.4, 0.5) is 0 Å². The SMILES string of the molecule is C=C=C[C@@]1(OC(C)=O)[C@H](O)[C@@H](CC(C)C)O[C@H]1C(C)C. The number of carbonyl (C=O) groups excluding carboxylic acids is 1. The van der Waals surface area contributed by atoms with Crippen molar-refractivity contribution in [3.05, 3.63) is 18.4 Å². The van der Waals surface area contributed by atoms with Gasteiger partial charge in [0, 0.05) is 13.0 Å². The first-order chi connectivity index (χ1) is 9.24. The van der Waals surface area contributed by atoms with Crippen molar-refractivity contribution in [2.24, 2.45) is 11.8 Å². The molecule has 0 amide bonds. The van der Waals surface area contributed by atoms with Crippen molar-refractivity contribution in [1.29, 1.82) is 0 Å². The molecule has 0 bridgehead atoms. The summed E-state index contributed by atoms with van der Waals surface area (Å²) in [4.78, 5) is 11.5. The van der Waals surface area contributed by atoms with Gasteiger partial charge < -0.3 is 14.6 Å². The number of carbonyl (C=O) groups is 1. The zero-order valence-electron chi connectivity index (χ0n) is 13.1. The standard InChI is InChI=1S/C16H26O4/c1-7-8-16(20-12(6)17)14(18)13(9-10(2)3)19-15(16)11(4)5/h8,10-11,13-15,18H,1,9H2,2-6H3/t13-,14-,15+,16-/m1/s1. The van der Waals surface area contributed by atoms with Gasteiger partial charge in [0.15, 0.2) is 5.60 Å². The molecular weight excluding hydrogens is 256 g/mol. The molecule has 1 aliphatic rings. The topological polar surface area (TPSA) is 55.8 Å². The number of aliphatic hydroxyl groups is 1. The quantitative estimate of drug-likeness (QED) is 0.621. The van der Waals surface area contributed by atoms with Crippen molar-refractivity contribution in [3.63, 3.8) is 0 Å². The number of esters is 1. The van der Waals surface area contributed by atoms with Crippen LogP contribution in [-0.2, 0) is 14.3 Å². The Hall–Kier alpha value is -1.09. The highest BCUT2D eigenvalue weighted by atomic mass is 16.6. The highest BCUT2D eigenvalue weighted by Gasteiger charge is 2.58. The molecule has 0 aliphatic carbocycles. The molecule has 1 rings (SSSR count). The van der Waals surface area contributed by atoms with Crippen LogP contribution >= 0.6 is 0 Å². The highest BCUT2D eigenvalue weighted by Crippen LogP contribution is 2.41. The van der Waals surface area contributed by atoms with Crippen molar-refractivity contribution in [2.75, 3.05) is 0 Å². The Balaban J connectivity index is 3.19. The van der Waals surface area contributed by atoms with Gasteiger partial charge in [0.05, 0.1) is 6.10 Å². The molecule has 0 aromatic carbocycles. The maximum Gasteiger partial charge on any atom is 0.303 e. The fourth-order valence-corrected chi connectivity index (χ4v) is 2.88. The molecule has 1 saturated heterocycles. The van der Waals surface area contributed by atoms with Crippen LogP contribution < -0.4 is 0 Å². The molecule has 0 aromatic heterocycles. The van der Waals surface area contributed by atoms with Crippen molar-refractivity contribution in [1.82, 2.24) is 0 Å². The predicted octanol–water partition coefficient (Wildman–Crippen LogP) is 2.46. The van der Waals surface area contributed by atoms with E-state index in [0.717, 1.165) is 0 Å². The lowest BCUT2D eigenvalue weighted by atomic mass is 9.83. The average Bonchev–Trinajstić information content (AvgIpc) is 2.54. The molecule has 0 aromatic rings. The van der Waals surface area contributed by atoms with Crippen LogP contribution in [0, 0.1) is 11.8 Å². The number of hydrogen-bond donors (Lipinski definition) is 1. The molecule has 0 unspecified atom stereocenters. The molecule has 20 heavy (non-hydrogen) atoms. The Morgan fingerprint density at radius 2 is 2.10 bits per heavy atom. The van der Waals surface area contributed by atoms with Gasteiger partial charge in [-0.1, -0.05) is 34.3 Å². The van der Waals surface area contributed by atoms with Crippen LogP contribution in [0.15, 0.2) is 18.4 Å². The Morgan fingerprint density at radius 1 is 1.50 bits per heavy atom. The Labute approximate surface area is 121 Å². The highest BCUT2D eigenvalue weighted by molar-refractivity contribution is 5.67. The predicted molar refractivity (Wildman–Crippen MR) is 77.2 cm³/mol. The summed E-state index contributed by atoms with van der Waals surface area (Å²) in [6.07, 6.45) is 0.573. The number of rotatable bonds is 5. The number of aliphatic hydroxyl groups excluding tert-OH is 1. The molecule has 114 valence electrons. The fraction of sp³-hybridized carbons (Fsp3) is 0.750. The largest absolute Gasteiger partial charge is 0.449 e. The van der Waals surface area contributed by atoms with E-state index in [0.29, 0.717) is 12.3 Å². The molecule has 1 heterocycles. The van der Waals surface area contributed by atoms with Gasteiger partial charge in [0.2, 0.25) is 0 Å². The van der Waals surface area contributed by atoms with Crippen molar-refractivity contribution >= 4 is 5.97 Å². The second-order valence-electron chi connectivity index (χ2n) is 6.21. The van der Waals surface area contributed by atoms with Gasteiger partial charge in [0.1, 0.15) is 12.2 Å². The van der Waals surface area contributed by atoms with Crippen LogP contribution in [0.25, 0.3) is 0 Å². The zero-order chi connectivity index (χ0) is 15.5. The summed E-state index contributed by atoms with van der Waals surface area (Å²) < 4.78 is 11.5. The minimum atomic E-state index is -1.19. The number of ether oxygens (including phenoxy) is 2. The average molecular weight is 282 g/mol. The van der Waals surface area contributed by atoms with Gasteiger partial charge in [-0.25, -0.2) is 0 Å². The van der Waals surface area contributed by atoms with E-state index in [4.69, 9.17) is 9.47 Å². The van der Waals surface area contributed by atoms with Gasteiger partial charge in [-0.15, -0.1) is 5.73 Å². The van der Waals surface area contributed by atoms with Crippen LogP contribution in [-0.4, -0.2) is 35.0 Å². The van der Waals surface area contributed by atoms with E-state index < -0.39 is 23.8 Å². The first-order valence-electron chi connectivity index (χ1n) is 7.14. The van der Waals surface area contributed by atoms with E-state index >= 15 is 0 Å². The molecule has 1 fully saturated rings. The summed E-state index contributed by atoms with van der Waals surface area (Å²) in [6, 6.07) is 0. The maximum absolute atomic E-state index is 11.5. The second kappa shape index (κ2) is 6.57. The second-order valence-corrected chi connectivity index (χ2v) is 6.21. The van der Waals surface area contributed by atoms with E-state index in [9.17, 15) is 9.90 Å². The minimum absolute atomic E-state index is 0.0887. The van der Waals surface area contributed by atoms with Gasteiger partial charge in [-0.3, -0.25) is 4.79 Å². The molecule has 4 nitrogen and oxygen atoms in total. The third kappa shape index (κ3) is 3.32. The third-order valence-electron chi connectivity index (χ3n) is 3.54. The van der Waals surface area contributed by atoms with Gasteiger partial charge in [0.25, 0.3) is 0 Å². The van der Waals surface area contributed by atoms with Crippen LogP contribution in [0.2, 0.25) is 0 Å². The van der Waals surface area contributed by atoms with Crippen molar-refractivity contribution in [2.45, 2.75) is 65.0 Å². The van der Waals surface area contributed by atoms with Crippen molar-refractivity contribution < 1.29 is 19.4 Å². The molecule has 0 spiro atoms. The first-order valence-corrected chi connectivity index (χ1v) is 7.14. The van der Waals surface area contributed by atoms with E-state index in [-0.39, 0.29) is 12.0 Å². The monoisotopic (exact) mass is 282 g/mol. The molecule has 1 aliphatic heterocycles. The normalized spacial score (nSPS) is 33.3. The summed E-state index contributed by atoms with van der Waals surface area (Å²) >= 11 is 0. The maximum atomic E-state index is 11.5. The lowest BCUT2D eigenvalue weighted by Crippen LogP contribution is -2.51. The molecule has 4 heteroatoms. The van der Waals surface area contributed by atoms with Crippen molar-refractivity contribution in [3.8, 4) is 0 Å². The lowest BCUT2D eigenvalue weighted by molar-refractivity contribution is -0.166. The Kier molecular flexibility index (Phi) is 5.58. The van der Waals surface area contributed by atoms with E-state index in [1.165, 1.54) is 13.0 Å². The Bertz CT molecular complexity index is 395. The summed E-state index contributed by atoms with van der Waals surface area (Å²) in [6.45, 7) is 13.0. The van der Waals surface area contributed by atoms with Gasteiger partial charge in [-0.05, 0) is 18.3 Å². The summed E-state index contributed by atoms with van der Waals surface area (Å²) in [5.74, 6) is 0.0176. The van der Waals surface area contributed by atoms with Crippen LogP contribution in [0.1, 0.15) is 41.0 Å². The third-order valence-corrected chi connectivity index (χ3v) is 3.54. The summed E-state index contributed by atoms with van der Waals surface area (Å²) in [7, 11) is 0. The summed E-state index contributed by atoms with van der Waals surface area (Å²) in [5, 5.41) is 10.6. The van der Waals surface area contributed by atoms with Gasteiger partial charge in [-0.2, -0.15) is 0 Å². The first kappa shape index (κ1) is 17.0. The number of hydrogen-bond acceptors (Lipinski definition) is 4. The van der Waals surface area contributed by atoms with E-state index in [2.05, 4.69) is 26.2 Å². The fourth-order valence-electron chi connectivity index (χ4n) is 2.88. The summed E-state index contributed by atoms with van der Waals surface area (Å²) in [5.41, 5.74) is 1.46. The molecular formula is C16H26O4. The minimum Gasteiger partial charge on any atom is -0.449 e.